The Kier molecular flexibility index (Phi) is 4.39. The van der Waals surface area contributed by atoms with E-state index in [0.29, 0.717) is 21.1 Å². The van der Waals surface area contributed by atoms with E-state index in [2.05, 4.69) is 52.6 Å². The van der Waals surface area contributed by atoms with Crippen molar-refractivity contribution in [2.75, 3.05) is 10.7 Å². The minimum absolute atomic E-state index is 0.491. The Morgan fingerprint density at radius 3 is 2.61 bits per heavy atom. The van der Waals surface area contributed by atoms with Gasteiger partial charge in [0, 0.05) is 9.50 Å². The SMILES string of the molecule is NNc1ncnc(Nc2cc(Cl)ccc2Br)c1Br. The number of benzene rings is 1. The molecule has 94 valence electrons. The number of halogens is 3. The van der Waals surface area contributed by atoms with Crippen LogP contribution in [0.25, 0.3) is 0 Å². The van der Waals surface area contributed by atoms with E-state index in [0.717, 1.165) is 10.2 Å². The zero-order chi connectivity index (χ0) is 13.1. The van der Waals surface area contributed by atoms with Crippen molar-refractivity contribution in [3.8, 4) is 0 Å². The van der Waals surface area contributed by atoms with Crippen LogP contribution in [0, 0.1) is 0 Å². The molecular formula is C10H8Br2ClN5. The highest BCUT2D eigenvalue weighted by Gasteiger charge is 2.09. The van der Waals surface area contributed by atoms with Gasteiger partial charge in [-0.3, -0.25) is 0 Å². The van der Waals surface area contributed by atoms with Crippen LogP contribution in [0.2, 0.25) is 5.02 Å². The molecule has 0 aliphatic carbocycles. The molecule has 0 saturated heterocycles. The molecule has 0 atom stereocenters. The molecule has 0 bridgehead atoms. The Morgan fingerprint density at radius 2 is 1.89 bits per heavy atom. The van der Waals surface area contributed by atoms with Crippen molar-refractivity contribution in [3.05, 3.63) is 38.5 Å². The molecule has 4 N–H and O–H groups in total. The number of nitrogens with two attached hydrogens (primary N) is 1. The van der Waals surface area contributed by atoms with Crippen LogP contribution >= 0.6 is 43.5 Å². The van der Waals surface area contributed by atoms with E-state index in [1.165, 1.54) is 6.33 Å². The van der Waals surface area contributed by atoms with Gasteiger partial charge in [0.1, 0.15) is 16.6 Å². The Bertz CT molecular complexity index is 578. The second kappa shape index (κ2) is 5.83. The molecule has 18 heavy (non-hydrogen) atoms. The molecule has 8 heteroatoms. The lowest BCUT2D eigenvalue weighted by atomic mass is 10.3. The predicted octanol–water partition coefficient (Wildman–Crippen LogP) is 3.68. The van der Waals surface area contributed by atoms with Crippen molar-refractivity contribution in [1.29, 1.82) is 0 Å². The Morgan fingerprint density at radius 1 is 1.17 bits per heavy atom. The number of nitrogens with one attached hydrogen (secondary N) is 2. The van der Waals surface area contributed by atoms with Gasteiger partial charge in [0.2, 0.25) is 0 Å². The lowest BCUT2D eigenvalue weighted by molar-refractivity contribution is 1.12. The van der Waals surface area contributed by atoms with Crippen LogP contribution < -0.4 is 16.6 Å². The summed E-state index contributed by atoms with van der Waals surface area (Å²) in [7, 11) is 0. The Hall–Kier alpha value is -0.890. The number of rotatable bonds is 3. The third-order valence-corrected chi connectivity index (χ3v) is 3.79. The molecule has 2 aromatic rings. The maximum atomic E-state index is 5.94. The first-order valence-electron chi connectivity index (χ1n) is 4.81. The van der Waals surface area contributed by atoms with Crippen LogP contribution in [0.1, 0.15) is 0 Å². The first kappa shape index (κ1) is 13.5. The number of aromatic nitrogens is 2. The third-order valence-electron chi connectivity index (χ3n) is 2.11. The fraction of sp³-hybridized carbons (Fsp3) is 0. The first-order valence-corrected chi connectivity index (χ1v) is 6.77. The monoisotopic (exact) mass is 391 g/mol. The number of hydrogen-bond donors (Lipinski definition) is 3. The second-order valence-electron chi connectivity index (χ2n) is 3.28. The van der Waals surface area contributed by atoms with Gasteiger partial charge in [-0.1, -0.05) is 11.6 Å². The van der Waals surface area contributed by atoms with Gasteiger partial charge in [0.05, 0.1) is 5.69 Å². The fourth-order valence-electron chi connectivity index (χ4n) is 1.28. The van der Waals surface area contributed by atoms with Gasteiger partial charge in [-0.25, -0.2) is 15.8 Å². The van der Waals surface area contributed by atoms with Gasteiger partial charge in [-0.15, -0.1) is 0 Å². The summed E-state index contributed by atoms with van der Waals surface area (Å²) in [4.78, 5) is 8.09. The van der Waals surface area contributed by atoms with E-state index in [4.69, 9.17) is 17.4 Å². The van der Waals surface area contributed by atoms with E-state index in [1.807, 2.05) is 6.07 Å². The standard InChI is InChI=1S/C10H8Br2ClN5/c11-6-2-1-5(13)3-7(6)17-9-8(12)10(18-14)16-4-15-9/h1-4H,14H2,(H2,15,16,17,18). The van der Waals surface area contributed by atoms with Crippen LogP contribution in [-0.2, 0) is 0 Å². The number of hydrazine groups is 1. The van der Waals surface area contributed by atoms with E-state index in [9.17, 15) is 0 Å². The smallest absolute Gasteiger partial charge is 0.159 e. The largest absolute Gasteiger partial charge is 0.338 e. The Labute approximate surface area is 125 Å². The van der Waals surface area contributed by atoms with Crippen molar-refractivity contribution in [2.45, 2.75) is 0 Å². The highest BCUT2D eigenvalue weighted by Crippen LogP contribution is 2.32. The molecule has 1 heterocycles. The molecule has 5 nitrogen and oxygen atoms in total. The molecule has 2 rings (SSSR count). The third kappa shape index (κ3) is 2.92. The second-order valence-corrected chi connectivity index (χ2v) is 5.36. The molecule has 1 aromatic carbocycles. The van der Waals surface area contributed by atoms with Gasteiger partial charge >= 0.3 is 0 Å². The summed E-state index contributed by atoms with van der Waals surface area (Å²) in [6.07, 6.45) is 1.40. The van der Waals surface area contributed by atoms with Gasteiger partial charge in [0.15, 0.2) is 5.82 Å². The number of nitrogens with zero attached hydrogens (tertiary/aromatic N) is 2. The summed E-state index contributed by atoms with van der Waals surface area (Å²) >= 11 is 12.7. The molecule has 0 aliphatic rings. The van der Waals surface area contributed by atoms with Crippen LogP contribution in [0.5, 0.6) is 0 Å². The highest BCUT2D eigenvalue weighted by atomic mass is 79.9. The molecule has 1 aromatic heterocycles. The van der Waals surface area contributed by atoms with E-state index < -0.39 is 0 Å². The number of nitrogen functional groups attached to an aromatic ring is 1. The predicted molar refractivity (Wildman–Crippen MR) is 80.0 cm³/mol. The molecule has 0 unspecified atom stereocenters. The van der Waals surface area contributed by atoms with Crippen LogP contribution in [0.15, 0.2) is 33.5 Å². The van der Waals surface area contributed by atoms with Gasteiger partial charge < -0.3 is 10.7 Å². The van der Waals surface area contributed by atoms with Crippen LogP contribution in [-0.4, -0.2) is 9.97 Å². The topological polar surface area (TPSA) is 75.9 Å². The van der Waals surface area contributed by atoms with Crippen LogP contribution in [0.4, 0.5) is 17.3 Å². The fourth-order valence-corrected chi connectivity index (χ4v) is 2.21. The van der Waals surface area contributed by atoms with Gasteiger partial charge in [0.25, 0.3) is 0 Å². The van der Waals surface area contributed by atoms with Gasteiger partial charge in [-0.05, 0) is 50.1 Å². The molecule has 0 amide bonds. The Balaban J connectivity index is 2.37. The lowest BCUT2D eigenvalue weighted by Crippen LogP contribution is -2.10. The van der Waals surface area contributed by atoms with Crippen molar-refractivity contribution >= 4 is 60.8 Å². The summed E-state index contributed by atoms with van der Waals surface area (Å²) in [6, 6.07) is 5.43. The summed E-state index contributed by atoms with van der Waals surface area (Å²) in [5.74, 6) is 6.41. The van der Waals surface area contributed by atoms with Crippen molar-refractivity contribution in [2.24, 2.45) is 5.84 Å². The molecule has 0 saturated carbocycles. The highest BCUT2D eigenvalue weighted by molar-refractivity contribution is 9.11. The average molecular weight is 393 g/mol. The molecule has 0 radical (unpaired) electrons. The number of hydrogen-bond acceptors (Lipinski definition) is 5. The summed E-state index contributed by atoms with van der Waals surface area (Å²) in [5.41, 5.74) is 3.27. The summed E-state index contributed by atoms with van der Waals surface area (Å²) in [5, 5.41) is 3.76. The van der Waals surface area contributed by atoms with Crippen LogP contribution in [0.3, 0.4) is 0 Å². The maximum Gasteiger partial charge on any atom is 0.159 e. The molecule has 0 aliphatic heterocycles. The zero-order valence-electron chi connectivity index (χ0n) is 8.92. The van der Waals surface area contributed by atoms with Gasteiger partial charge in [-0.2, -0.15) is 0 Å². The lowest BCUT2D eigenvalue weighted by Gasteiger charge is -2.11. The molecular weight excluding hydrogens is 385 g/mol. The first-order chi connectivity index (χ1) is 8.61. The normalized spacial score (nSPS) is 10.2. The van der Waals surface area contributed by atoms with Crippen molar-refractivity contribution in [3.63, 3.8) is 0 Å². The zero-order valence-corrected chi connectivity index (χ0v) is 12.8. The quantitative estimate of drug-likeness (QED) is 0.548. The molecule has 0 fully saturated rings. The van der Waals surface area contributed by atoms with Crippen molar-refractivity contribution < 1.29 is 0 Å². The van der Waals surface area contributed by atoms with E-state index in [1.54, 1.807) is 12.1 Å². The van der Waals surface area contributed by atoms with E-state index >= 15 is 0 Å². The van der Waals surface area contributed by atoms with Crippen molar-refractivity contribution in [1.82, 2.24) is 9.97 Å². The minimum atomic E-state index is 0.491. The summed E-state index contributed by atoms with van der Waals surface area (Å²) < 4.78 is 1.51. The number of anilines is 3. The maximum absolute atomic E-state index is 5.94. The summed E-state index contributed by atoms with van der Waals surface area (Å²) in [6.45, 7) is 0. The minimum Gasteiger partial charge on any atom is -0.338 e. The average Bonchev–Trinajstić information content (AvgIpc) is 2.36. The van der Waals surface area contributed by atoms with E-state index in [-0.39, 0.29) is 0 Å². The molecule has 0 spiro atoms.